The molecular weight excluding hydrogens is 250 g/mol. The van der Waals surface area contributed by atoms with Crippen molar-refractivity contribution in [1.29, 1.82) is 0 Å². The van der Waals surface area contributed by atoms with Gasteiger partial charge in [-0.1, -0.05) is 12.1 Å². The number of halogens is 1. The molecule has 0 saturated carbocycles. The van der Waals surface area contributed by atoms with Gasteiger partial charge in [0.2, 0.25) is 0 Å². The molecule has 3 aromatic rings. The highest BCUT2D eigenvalue weighted by Crippen LogP contribution is 2.14. The van der Waals surface area contributed by atoms with Crippen LogP contribution in [0.4, 0.5) is 0 Å². The number of benzene rings is 1. The van der Waals surface area contributed by atoms with Crippen molar-refractivity contribution >= 4 is 29.0 Å². The van der Waals surface area contributed by atoms with E-state index in [0.717, 1.165) is 11.0 Å². The zero-order valence-corrected chi connectivity index (χ0v) is 10.6. The van der Waals surface area contributed by atoms with Gasteiger partial charge in [-0.2, -0.15) is 0 Å². The van der Waals surface area contributed by atoms with Crippen LogP contribution in [0.15, 0.2) is 47.4 Å². The summed E-state index contributed by atoms with van der Waals surface area (Å²) in [6, 6.07) is 11.6. The summed E-state index contributed by atoms with van der Waals surface area (Å²) in [5.41, 5.74) is 8.23. The Labute approximate surface area is 110 Å². The molecule has 4 nitrogen and oxygen atoms in total. The third kappa shape index (κ3) is 1.70. The third-order valence-corrected chi connectivity index (χ3v) is 3.00. The molecule has 5 heteroatoms. The first kappa shape index (κ1) is 12.7. The quantitative estimate of drug-likeness (QED) is 0.764. The Bertz CT molecular complexity index is 745. The number of rotatable bonds is 2. The molecule has 2 aromatic heterocycles. The lowest BCUT2D eigenvalue weighted by atomic mass is 10.3. The van der Waals surface area contributed by atoms with Gasteiger partial charge in [0.05, 0.1) is 11.0 Å². The highest BCUT2D eigenvalue weighted by molar-refractivity contribution is 5.85. The van der Waals surface area contributed by atoms with Crippen molar-refractivity contribution in [2.75, 3.05) is 6.54 Å². The number of para-hydroxylation sites is 2. The second-order valence-corrected chi connectivity index (χ2v) is 4.00. The Morgan fingerprint density at radius 2 is 1.67 bits per heavy atom. The number of hydrogen-bond donors (Lipinski definition) is 1. The molecule has 2 N–H and O–H groups in total. The van der Waals surface area contributed by atoms with Gasteiger partial charge in [-0.05, 0) is 24.3 Å². The predicted molar refractivity (Wildman–Crippen MR) is 75.5 cm³/mol. The molecule has 0 atom stereocenters. The van der Waals surface area contributed by atoms with Crippen molar-refractivity contribution in [2.24, 2.45) is 5.73 Å². The Kier molecular flexibility index (Phi) is 3.41. The zero-order valence-electron chi connectivity index (χ0n) is 9.74. The molecule has 0 amide bonds. The van der Waals surface area contributed by atoms with Crippen LogP contribution in [0.1, 0.15) is 0 Å². The van der Waals surface area contributed by atoms with Crippen molar-refractivity contribution in [1.82, 2.24) is 8.97 Å². The van der Waals surface area contributed by atoms with E-state index in [1.807, 2.05) is 47.0 Å². The normalized spacial score (nSPS) is 10.7. The first-order valence-corrected chi connectivity index (χ1v) is 5.61. The number of hydrogen-bond acceptors (Lipinski definition) is 2. The molecule has 0 bridgehead atoms. The molecule has 1 aromatic carbocycles. The summed E-state index contributed by atoms with van der Waals surface area (Å²) < 4.78 is 3.66. The summed E-state index contributed by atoms with van der Waals surface area (Å²) in [5, 5.41) is 0. The highest BCUT2D eigenvalue weighted by atomic mass is 35.5. The van der Waals surface area contributed by atoms with Crippen LogP contribution in [0.2, 0.25) is 0 Å². The fraction of sp³-hybridized carbons (Fsp3) is 0.154. The van der Waals surface area contributed by atoms with Crippen molar-refractivity contribution in [3.05, 3.63) is 52.9 Å². The lowest BCUT2D eigenvalue weighted by Gasteiger charge is -2.11. The van der Waals surface area contributed by atoms with Gasteiger partial charge in [-0.3, -0.25) is 4.79 Å². The Hall–Kier alpha value is -1.78. The maximum atomic E-state index is 12.3. The third-order valence-electron chi connectivity index (χ3n) is 3.00. The monoisotopic (exact) mass is 263 g/mol. The van der Waals surface area contributed by atoms with Gasteiger partial charge in [0.25, 0.3) is 5.56 Å². The maximum absolute atomic E-state index is 12.3. The van der Waals surface area contributed by atoms with E-state index in [1.54, 1.807) is 4.57 Å². The van der Waals surface area contributed by atoms with E-state index in [9.17, 15) is 4.79 Å². The molecule has 0 aliphatic carbocycles. The molecule has 18 heavy (non-hydrogen) atoms. The molecule has 0 unspecified atom stereocenters. The molecule has 94 valence electrons. The average molecular weight is 264 g/mol. The van der Waals surface area contributed by atoms with Crippen molar-refractivity contribution in [3.63, 3.8) is 0 Å². The summed E-state index contributed by atoms with van der Waals surface area (Å²) >= 11 is 0. The number of fused-ring (bicyclic) bond motifs is 3. The molecule has 0 saturated heterocycles. The Morgan fingerprint density at radius 1 is 1.00 bits per heavy atom. The first-order valence-electron chi connectivity index (χ1n) is 5.61. The molecule has 2 heterocycles. The fourth-order valence-electron chi connectivity index (χ4n) is 2.26. The summed E-state index contributed by atoms with van der Waals surface area (Å²) in [6.07, 6.45) is 1.91. The summed E-state index contributed by atoms with van der Waals surface area (Å²) in [5.74, 6) is 0. The molecule has 3 rings (SSSR count). The van der Waals surface area contributed by atoms with Crippen molar-refractivity contribution in [3.8, 4) is 0 Å². The largest absolute Gasteiger partial charge is 0.329 e. The predicted octanol–water partition coefficient (Wildman–Crippen LogP) is 1.63. The Morgan fingerprint density at radius 3 is 2.39 bits per heavy atom. The van der Waals surface area contributed by atoms with Crippen LogP contribution in [-0.4, -0.2) is 15.5 Å². The van der Waals surface area contributed by atoms with Crippen molar-refractivity contribution in [2.45, 2.75) is 6.54 Å². The zero-order chi connectivity index (χ0) is 11.8. The van der Waals surface area contributed by atoms with E-state index >= 15 is 0 Å². The van der Waals surface area contributed by atoms with E-state index in [2.05, 4.69) is 0 Å². The SMILES string of the molecule is Cl.NCCn1c(=O)c2cccn2c2ccccc21. The van der Waals surface area contributed by atoms with Gasteiger partial charge in [0.15, 0.2) is 0 Å². The van der Waals surface area contributed by atoms with Gasteiger partial charge in [-0.15, -0.1) is 12.4 Å². The fourth-order valence-corrected chi connectivity index (χ4v) is 2.26. The van der Waals surface area contributed by atoms with E-state index in [4.69, 9.17) is 5.73 Å². The second-order valence-electron chi connectivity index (χ2n) is 4.00. The van der Waals surface area contributed by atoms with Gasteiger partial charge < -0.3 is 14.7 Å². The minimum absolute atomic E-state index is 0. The maximum Gasteiger partial charge on any atom is 0.275 e. The van der Waals surface area contributed by atoms with Crippen LogP contribution in [0.5, 0.6) is 0 Å². The topological polar surface area (TPSA) is 52.4 Å². The van der Waals surface area contributed by atoms with Gasteiger partial charge in [-0.25, -0.2) is 0 Å². The molecule has 0 spiro atoms. The smallest absolute Gasteiger partial charge is 0.275 e. The van der Waals surface area contributed by atoms with Crippen LogP contribution >= 0.6 is 12.4 Å². The molecule has 0 fully saturated rings. The summed E-state index contributed by atoms with van der Waals surface area (Å²) in [7, 11) is 0. The van der Waals surface area contributed by atoms with Gasteiger partial charge >= 0.3 is 0 Å². The van der Waals surface area contributed by atoms with Crippen molar-refractivity contribution < 1.29 is 0 Å². The summed E-state index contributed by atoms with van der Waals surface area (Å²) in [6.45, 7) is 1.00. The first-order chi connectivity index (χ1) is 8.33. The number of nitrogens with zero attached hydrogens (tertiary/aromatic N) is 2. The van der Waals surface area contributed by atoms with E-state index < -0.39 is 0 Å². The molecule has 0 aliphatic rings. The lowest BCUT2D eigenvalue weighted by molar-refractivity contribution is 0.707. The van der Waals surface area contributed by atoms with Crippen LogP contribution in [0.25, 0.3) is 16.6 Å². The van der Waals surface area contributed by atoms with E-state index in [1.165, 1.54) is 0 Å². The molecule has 0 radical (unpaired) electrons. The van der Waals surface area contributed by atoms with Crippen LogP contribution in [0.3, 0.4) is 0 Å². The van der Waals surface area contributed by atoms with E-state index in [-0.39, 0.29) is 18.0 Å². The lowest BCUT2D eigenvalue weighted by Crippen LogP contribution is -2.25. The minimum atomic E-state index is 0. The second kappa shape index (κ2) is 4.84. The summed E-state index contributed by atoms with van der Waals surface area (Å²) in [4.78, 5) is 12.3. The standard InChI is InChI=1S/C13H13N3O.ClH/c14-7-9-16-11-5-2-1-4-10(11)15-8-3-6-12(15)13(16)17;/h1-6,8H,7,9,14H2;1H. The molecular formula is C13H14ClN3O. The van der Waals surface area contributed by atoms with Gasteiger partial charge in [0.1, 0.15) is 5.52 Å². The van der Waals surface area contributed by atoms with Crippen LogP contribution in [0, 0.1) is 0 Å². The Balaban J connectivity index is 0.00000120. The van der Waals surface area contributed by atoms with E-state index in [0.29, 0.717) is 18.6 Å². The highest BCUT2D eigenvalue weighted by Gasteiger charge is 2.08. The minimum Gasteiger partial charge on any atom is -0.329 e. The number of nitrogens with two attached hydrogens (primary N) is 1. The molecule has 0 aliphatic heterocycles. The van der Waals surface area contributed by atoms with Crippen LogP contribution < -0.4 is 11.3 Å². The average Bonchev–Trinajstić information content (AvgIpc) is 2.84. The van der Waals surface area contributed by atoms with Crippen LogP contribution in [-0.2, 0) is 6.54 Å². The van der Waals surface area contributed by atoms with Gasteiger partial charge in [0, 0.05) is 19.3 Å². The number of aromatic nitrogens is 2.